The van der Waals surface area contributed by atoms with Crippen LogP contribution in [0.25, 0.3) is 11.0 Å². The number of hydrogen-bond donors (Lipinski definition) is 3. The zero-order chi connectivity index (χ0) is 23.0. The molecule has 1 saturated carbocycles. The predicted molar refractivity (Wildman–Crippen MR) is 124 cm³/mol. The first kappa shape index (κ1) is 21.6. The van der Waals surface area contributed by atoms with E-state index in [9.17, 15) is 18.0 Å². The lowest BCUT2D eigenvalue weighted by Gasteiger charge is -2.20. The topological polar surface area (TPSA) is 121 Å². The maximum absolute atomic E-state index is 12.9. The number of hydrogen-bond acceptors (Lipinski definition) is 5. The summed E-state index contributed by atoms with van der Waals surface area (Å²) in [7, 11) is -3.68. The number of aromatic amines is 1. The van der Waals surface area contributed by atoms with Gasteiger partial charge in [-0.25, -0.2) is 13.4 Å². The minimum atomic E-state index is -3.68. The van der Waals surface area contributed by atoms with E-state index in [2.05, 4.69) is 10.3 Å². The number of fused-ring (bicyclic) bond motifs is 1. The molecule has 1 aromatic heterocycles. The van der Waals surface area contributed by atoms with Crippen LogP contribution in [0.15, 0.2) is 48.5 Å². The van der Waals surface area contributed by atoms with E-state index in [1.807, 2.05) is 41.1 Å². The van der Waals surface area contributed by atoms with E-state index in [-0.39, 0.29) is 24.3 Å². The summed E-state index contributed by atoms with van der Waals surface area (Å²) in [5.74, 6) is 0.302. The average Bonchev–Trinajstić information content (AvgIpc) is 3.52. The average molecular weight is 467 g/mol. The van der Waals surface area contributed by atoms with Gasteiger partial charge in [-0.15, -0.1) is 0 Å². The summed E-state index contributed by atoms with van der Waals surface area (Å²) < 4.78 is 26.4. The number of carbonyl (C=O) groups excluding carboxylic acids is 2. The fourth-order valence-electron chi connectivity index (χ4n) is 4.78. The smallest absolute Gasteiger partial charge is 0.242 e. The molecule has 172 valence electrons. The van der Waals surface area contributed by atoms with E-state index in [4.69, 9.17) is 4.98 Å². The summed E-state index contributed by atoms with van der Waals surface area (Å²) >= 11 is 0. The van der Waals surface area contributed by atoms with Gasteiger partial charge in [0.05, 0.1) is 23.5 Å². The van der Waals surface area contributed by atoms with Crippen molar-refractivity contribution in [3.63, 3.8) is 0 Å². The Balaban J connectivity index is 1.39. The molecule has 3 aromatic rings. The standard InChI is InChI=1S/C24H26N4O4S/c29-22-14-21(33(31,32)28-22)16-11-9-15(10-12-16)13-20(27-24(30)17-5-1-2-6-17)23-25-18-7-3-4-8-19(18)26-23/h3-4,7-12,17,20-21H,1-2,5-6,13-14H2,(H,25,26)(H,27,30)(H,28,29)/t20-,21?/m0/s1. The molecule has 1 saturated heterocycles. The molecule has 2 atom stereocenters. The molecule has 2 aromatic carbocycles. The molecule has 1 unspecified atom stereocenters. The third-order valence-corrected chi connectivity index (χ3v) is 8.27. The van der Waals surface area contributed by atoms with Crippen molar-refractivity contribution in [1.82, 2.24) is 20.0 Å². The third-order valence-electron chi connectivity index (χ3n) is 6.57. The first-order valence-corrected chi connectivity index (χ1v) is 12.8. The predicted octanol–water partition coefficient (Wildman–Crippen LogP) is 3.04. The van der Waals surface area contributed by atoms with Gasteiger partial charge in [-0.3, -0.25) is 14.3 Å². The van der Waals surface area contributed by atoms with Crippen molar-refractivity contribution in [2.45, 2.75) is 49.8 Å². The number of nitrogens with one attached hydrogen (secondary N) is 3. The molecule has 8 nitrogen and oxygen atoms in total. The molecule has 0 radical (unpaired) electrons. The normalized spacial score (nSPS) is 21.2. The first-order valence-electron chi connectivity index (χ1n) is 11.3. The van der Waals surface area contributed by atoms with Crippen LogP contribution in [0.5, 0.6) is 0 Å². The monoisotopic (exact) mass is 466 g/mol. The molecule has 2 fully saturated rings. The number of para-hydroxylation sites is 2. The van der Waals surface area contributed by atoms with E-state index in [0.29, 0.717) is 17.8 Å². The number of carbonyl (C=O) groups is 2. The van der Waals surface area contributed by atoms with Gasteiger partial charge in [0.2, 0.25) is 21.8 Å². The molecule has 3 N–H and O–H groups in total. The SMILES string of the molecule is O=C1CC(c2ccc(C[C@H](NC(=O)C3CCCC3)c3nc4ccccc4[nH]3)cc2)S(=O)(=O)N1. The van der Waals surface area contributed by atoms with Crippen LogP contribution < -0.4 is 10.0 Å². The van der Waals surface area contributed by atoms with Crippen molar-refractivity contribution in [3.05, 3.63) is 65.5 Å². The molecule has 2 heterocycles. The largest absolute Gasteiger partial charge is 0.346 e. The Labute approximate surface area is 192 Å². The number of amides is 2. The number of rotatable bonds is 6. The van der Waals surface area contributed by atoms with Crippen LogP contribution in [0, 0.1) is 5.92 Å². The van der Waals surface area contributed by atoms with Crippen molar-refractivity contribution in [1.29, 1.82) is 0 Å². The maximum Gasteiger partial charge on any atom is 0.242 e. The van der Waals surface area contributed by atoms with E-state index in [1.54, 1.807) is 12.1 Å². The Hall–Kier alpha value is -3.20. The van der Waals surface area contributed by atoms with E-state index < -0.39 is 21.2 Å². The van der Waals surface area contributed by atoms with Crippen LogP contribution in [-0.4, -0.2) is 30.2 Å². The van der Waals surface area contributed by atoms with E-state index in [1.165, 1.54) is 0 Å². The molecular formula is C24H26N4O4S. The Kier molecular flexibility index (Phi) is 5.65. The molecule has 2 amide bonds. The quantitative estimate of drug-likeness (QED) is 0.516. The molecule has 33 heavy (non-hydrogen) atoms. The van der Waals surface area contributed by atoms with Gasteiger partial charge in [0.1, 0.15) is 11.1 Å². The van der Waals surface area contributed by atoms with Crippen molar-refractivity contribution >= 4 is 32.9 Å². The van der Waals surface area contributed by atoms with Gasteiger partial charge < -0.3 is 10.3 Å². The molecule has 0 spiro atoms. The molecule has 1 aliphatic heterocycles. The second-order valence-corrected chi connectivity index (χ2v) is 10.8. The minimum Gasteiger partial charge on any atom is -0.346 e. The fourth-order valence-corrected chi connectivity index (χ4v) is 6.21. The highest BCUT2D eigenvalue weighted by Gasteiger charge is 2.37. The molecule has 1 aliphatic carbocycles. The van der Waals surface area contributed by atoms with Gasteiger partial charge in [0.25, 0.3) is 0 Å². The highest BCUT2D eigenvalue weighted by atomic mass is 32.2. The summed E-state index contributed by atoms with van der Waals surface area (Å²) in [6.07, 6.45) is 4.42. The van der Waals surface area contributed by atoms with Gasteiger partial charge in [-0.2, -0.15) is 0 Å². The van der Waals surface area contributed by atoms with Gasteiger partial charge in [0, 0.05) is 5.92 Å². The lowest BCUT2D eigenvalue weighted by molar-refractivity contribution is -0.125. The first-order chi connectivity index (χ1) is 15.9. The van der Waals surface area contributed by atoms with Gasteiger partial charge in [0.15, 0.2) is 0 Å². The molecule has 5 rings (SSSR count). The number of benzene rings is 2. The van der Waals surface area contributed by atoms with Gasteiger partial charge in [-0.1, -0.05) is 49.2 Å². The van der Waals surface area contributed by atoms with Crippen LogP contribution in [0.3, 0.4) is 0 Å². The van der Waals surface area contributed by atoms with Crippen LogP contribution in [0.4, 0.5) is 0 Å². The molecule has 0 bridgehead atoms. The van der Waals surface area contributed by atoms with Gasteiger partial charge in [-0.05, 0) is 42.5 Å². The highest BCUT2D eigenvalue weighted by Crippen LogP contribution is 2.31. The second-order valence-electron chi connectivity index (χ2n) is 8.89. The number of sulfonamides is 1. The molecule has 9 heteroatoms. The zero-order valence-electron chi connectivity index (χ0n) is 18.1. The Morgan fingerprint density at radius 3 is 2.48 bits per heavy atom. The lowest BCUT2D eigenvalue weighted by Crippen LogP contribution is -2.34. The van der Waals surface area contributed by atoms with Crippen molar-refractivity contribution < 1.29 is 18.0 Å². The van der Waals surface area contributed by atoms with Crippen LogP contribution in [0.1, 0.15) is 60.3 Å². The van der Waals surface area contributed by atoms with E-state index >= 15 is 0 Å². The summed E-state index contributed by atoms with van der Waals surface area (Å²) in [4.78, 5) is 32.5. The van der Waals surface area contributed by atoms with Crippen LogP contribution in [0.2, 0.25) is 0 Å². The minimum absolute atomic E-state index is 0.0388. The summed E-state index contributed by atoms with van der Waals surface area (Å²) in [6.45, 7) is 0. The van der Waals surface area contributed by atoms with Crippen LogP contribution >= 0.6 is 0 Å². The van der Waals surface area contributed by atoms with Crippen molar-refractivity contribution in [2.24, 2.45) is 5.92 Å². The van der Waals surface area contributed by atoms with Crippen LogP contribution in [-0.2, 0) is 26.0 Å². The molecule has 2 aliphatic rings. The summed E-state index contributed by atoms with van der Waals surface area (Å²) in [5, 5.41) is 2.32. The van der Waals surface area contributed by atoms with Crippen molar-refractivity contribution in [2.75, 3.05) is 0 Å². The third kappa shape index (κ3) is 4.50. The van der Waals surface area contributed by atoms with Gasteiger partial charge >= 0.3 is 0 Å². The Morgan fingerprint density at radius 2 is 1.82 bits per heavy atom. The maximum atomic E-state index is 12.9. The number of H-pyrrole nitrogens is 1. The number of aromatic nitrogens is 2. The fraction of sp³-hybridized carbons (Fsp3) is 0.375. The van der Waals surface area contributed by atoms with Crippen molar-refractivity contribution in [3.8, 4) is 0 Å². The zero-order valence-corrected chi connectivity index (χ0v) is 18.9. The number of imidazole rings is 1. The molecular weight excluding hydrogens is 440 g/mol. The summed E-state index contributed by atoms with van der Waals surface area (Å²) in [5.41, 5.74) is 3.26. The highest BCUT2D eigenvalue weighted by molar-refractivity contribution is 7.90. The lowest BCUT2D eigenvalue weighted by atomic mass is 10.0. The number of nitrogens with zero attached hydrogens (tertiary/aromatic N) is 1. The van der Waals surface area contributed by atoms with E-state index in [0.717, 1.165) is 42.3 Å². The second kappa shape index (κ2) is 8.62. The summed E-state index contributed by atoms with van der Waals surface area (Å²) in [6, 6.07) is 14.6. The Bertz CT molecular complexity index is 1260. The Morgan fingerprint density at radius 1 is 1.09 bits per heavy atom.